The molecule has 0 saturated heterocycles. The Bertz CT molecular complexity index is 1410. The lowest BCUT2D eigenvalue weighted by Gasteiger charge is -2.28. The maximum absolute atomic E-state index is 12.8. The SMILES string of the molecule is CCCC1(CCCC(=O)CC(=O)C=Cc2cc(OC)c(O)cc2Cc2cnc(N)cc2CCc2ccccc2)CCCC1. The van der Waals surface area contributed by atoms with Gasteiger partial charge >= 0.3 is 0 Å². The number of nitrogens with zero attached hydrogens (tertiary/aromatic N) is 1. The minimum atomic E-state index is -0.218. The van der Waals surface area contributed by atoms with Gasteiger partial charge in [-0.25, -0.2) is 4.98 Å². The maximum atomic E-state index is 12.8. The van der Waals surface area contributed by atoms with Crippen LogP contribution in [0.5, 0.6) is 11.5 Å². The molecule has 43 heavy (non-hydrogen) atoms. The van der Waals surface area contributed by atoms with Crippen LogP contribution in [0.3, 0.4) is 0 Å². The molecule has 4 rings (SSSR count). The van der Waals surface area contributed by atoms with Gasteiger partial charge in [0, 0.05) is 12.6 Å². The first-order chi connectivity index (χ1) is 20.8. The zero-order valence-electron chi connectivity index (χ0n) is 25.7. The van der Waals surface area contributed by atoms with E-state index in [-0.39, 0.29) is 23.7 Å². The Morgan fingerprint density at radius 3 is 2.51 bits per heavy atom. The van der Waals surface area contributed by atoms with E-state index in [1.807, 2.05) is 24.3 Å². The van der Waals surface area contributed by atoms with Gasteiger partial charge in [0.05, 0.1) is 13.5 Å². The number of rotatable bonds is 16. The molecule has 3 aromatic rings. The molecule has 0 unspecified atom stereocenters. The highest BCUT2D eigenvalue weighted by molar-refractivity contribution is 6.06. The normalized spacial score (nSPS) is 14.3. The fourth-order valence-corrected chi connectivity index (χ4v) is 6.63. The van der Waals surface area contributed by atoms with E-state index in [2.05, 4.69) is 24.0 Å². The van der Waals surface area contributed by atoms with Crippen molar-refractivity contribution in [1.82, 2.24) is 4.98 Å². The number of ether oxygens (including phenoxy) is 1. The molecule has 2 aromatic carbocycles. The van der Waals surface area contributed by atoms with Crippen LogP contribution in [-0.2, 0) is 28.9 Å². The van der Waals surface area contributed by atoms with E-state index in [4.69, 9.17) is 10.5 Å². The van der Waals surface area contributed by atoms with E-state index in [9.17, 15) is 14.7 Å². The molecule has 1 saturated carbocycles. The molecule has 0 spiro atoms. The van der Waals surface area contributed by atoms with Crippen LogP contribution in [0.4, 0.5) is 5.82 Å². The predicted molar refractivity (Wildman–Crippen MR) is 173 cm³/mol. The standard InChI is InChI=1S/C37H46N2O4/c1-3-17-37(18-7-8-19-37)20-9-12-32(40)25-33(41)16-15-28-23-35(43-2)34(42)22-30(28)21-31-26-39-36(38)24-29(31)14-13-27-10-5-4-6-11-27/h4-6,10-11,15-16,22-24,26,42H,3,7-9,12-14,17-21,25H2,1-2H3,(H2,38,39). The van der Waals surface area contributed by atoms with E-state index >= 15 is 0 Å². The van der Waals surface area contributed by atoms with E-state index in [0.29, 0.717) is 29.8 Å². The number of nitrogens with two attached hydrogens (primary N) is 1. The van der Waals surface area contributed by atoms with Gasteiger partial charge in [-0.2, -0.15) is 0 Å². The largest absolute Gasteiger partial charge is 0.504 e. The molecule has 1 fully saturated rings. The first kappa shape index (κ1) is 32.0. The highest BCUT2D eigenvalue weighted by atomic mass is 16.5. The van der Waals surface area contributed by atoms with E-state index in [0.717, 1.165) is 47.9 Å². The number of hydrogen-bond acceptors (Lipinski definition) is 6. The number of methoxy groups -OCH3 is 1. The van der Waals surface area contributed by atoms with Gasteiger partial charge in [0.1, 0.15) is 11.6 Å². The summed E-state index contributed by atoms with van der Waals surface area (Å²) in [7, 11) is 1.49. The van der Waals surface area contributed by atoms with Gasteiger partial charge < -0.3 is 15.6 Å². The Hall–Kier alpha value is -3.93. The summed E-state index contributed by atoms with van der Waals surface area (Å²) < 4.78 is 5.35. The quantitative estimate of drug-likeness (QED) is 0.132. The Morgan fingerprint density at radius 2 is 1.79 bits per heavy atom. The number of anilines is 1. The number of benzene rings is 2. The molecule has 1 aliphatic rings. The molecule has 1 heterocycles. The maximum Gasteiger partial charge on any atom is 0.163 e. The number of pyridine rings is 1. The zero-order chi connectivity index (χ0) is 30.7. The summed E-state index contributed by atoms with van der Waals surface area (Å²) in [5.74, 6) is 0.584. The molecule has 0 atom stereocenters. The van der Waals surface area contributed by atoms with Gasteiger partial charge in [0.25, 0.3) is 0 Å². The number of nitrogen functional groups attached to an aromatic ring is 1. The highest BCUT2D eigenvalue weighted by Crippen LogP contribution is 2.45. The summed E-state index contributed by atoms with van der Waals surface area (Å²) in [6.07, 6.45) is 17.0. The minimum Gasteiger partial charge on any atom is -0.504 e. The summed E-state index contributed by atoms with van der Waals surface area (Å²) in [5.41, 5.74) is 11.3. The van der Waals surface area contributed by atoms with Crippen LogP contribution >= 0.6 is 0 Å². The molecule has 0 bridgehead atoms. The molecule has 0 amide bonds. The number of phenols is 1. The third kappa shape index (κ3) is 9.28. The number of hydrogen-bond donors (Lipinski definition) is 2. The first-order valence-electron chi connectivity index (χ1n) is 15.7. The van der Waals surface area contributed by atoms with Gasteiger partial charge in [0.15, 0.2) is 17.3 Å². The Labute approximate surface area is 256 Å². The number of aryl methyl sites for hydroxylation is 2. The van der Waals surface area contributed by atoms with Crippen molar-refractivity contribution in [3.63, 3.8) is 0 Å². The van der Waals surface area contributed by atoms with Crippen molar-refractivity contribution in [1.29, 1.82) is 0 Å². The third-order valence-electron chi connectivity index (χ3n) is 8.88. The Morgan fingerprint density at radius 1 is 1.02 bits per heavy atom. The van der Waals surface area contributed by atoms with Gasteiger partial charge in [-0.1, -0.05) is 62.6 Å². The van der Waals surface area contributed by atoms with Crippen LogP contribution in [-0.4, -0.2) is 28.8 Å². The van der Waals surface area contributed by atoms with Gasteiger partial charge in [-0.15, -0.1) is 0 Å². The lowest BCUT2D eigenvalue weighted by Crippen LogP contribution is -2.16. The second kappa shape index (κ2) is 15.5. The highest BCUT2D eigenvalue weighted by Gasteiger charge is 2.32. The smallest absolute Gasteiger partial charge is 0.163 e. The van der Waals surface area contributed by atoms with E-state index in [1.165, 1.54) is 57.3 Å². The van der Waals surface area contributed by atoms with Crippen molar-refractivity contribution in [3.05, 3.63) is 88.6 Å². The number of allylic oxidation sites excluding steroid dienone is 1. The van der Waals surface area contributed by atoms with E-state index < -0.39 is 0 Å². The fraction of sp³-hybridized carbons (Fsp3) is 0.432. The average Bonchev–Trinajstić information content (AvgIpc) is 3.45. The molecule has 0 radical (unpaired) electrons. The summed E-state index contributed by atoms with van der Waals surface area (Å²) in [6, 6.07) is 15.6. The molecule has 0 aliphatic heterocycles. The lowest BCUT2D eigenvalue weighted by atomic mass is 9.77. The van der Waals surface area contributed by atoms with E-state index in [1.54, 1.807) is 24.4 Å². The number of ketones is 2. The molecule has 1 aliphatic carbocycles. The first-order valence-corrected chi connectivity index (χ1v) is 15.7. The van der Waals surface area contributed by atoms with Crippen molar-refractivity contribution >= 4 is 23.5 Å². The monoisotopic (exact) mass is 582 g/mol. The van der Waals surface area contributed by atoms with Crippen molar-refractivity contribution in [2.75, 3.05) is 12.8 Å². The van der Waals surface area contributed by atoms with Gasteiger partial charge in [-0.05, 0) is 109 Å². The second-order valence-corrected chi connectivity index (χ2v) is 12.1. The summed E-state index contributed by atoms with van der Waals surface area (Å²) in [4.78, 5) is 29.8. The van der Waals surface area contributed by atoms with Gasteiger partial charge in [-0.3, -0.25) is 9.59 Å². The number of phenolic OH excluding ortho intramolecular Hbond substituents is 1. The van der Waals surface area contributed by atoms with Crippen LogP contribution in [0.1, 0.15) is 98.9 Å². The molecular formula is C37H46N2O4. The average molecular weight is 583 g/mol. The summed E-state index contributed by atoms with van der Waals surface area (Å²) in [6.45, 7) is 2.24. The summed E-state index contributed by atoms with van der Waals surface area (Å²) in [5, 5.41) is 10.6. The van der Waals surface area contributed by atoms with Gasteiger partial charge in [0.2, 0.25) is 0 Å². The lowest BCUT2D eigenvalue weighted by molar-refractivity contribution is -0.124. The number of Topliss-reactive ketones (excluding diaryl/α,β-unsaturated/α-hetero) is 1. The Balaban J connectivity index is 1.43. The molecule has 3 N–H and O–H groups in total. The molecular weight excluding hydrogens is 536 g/mol. The minimum absolute atomic E-state index is 0.00110. The predicted octanol–water partition coefficient (Wildman–Crippen LogP) is 7.83. The summed E-state index contributed by atoms with van der Waals surface area (Å²) >= 11 is 0. The van der Waals surface area contributed by atoms with Crippen LogP contribution in [0.25, 0.3) is 6.08 Å². The van der Waals surface area contributed by atoms with Crippen LogP contribution in [0, 0.1) is 5.41 Å². The van der Waals surface area contributed by atoms with Crippen molar-refractivity contribution in [3.8, 4) is 11.5 Å². The van der Waals surface area contributed by atoms with Crippen molar-refractivity contribution in [2.45, 2.75) is 90.4 Å². The van der Waals surface area contributed by atoms with Crippen LogP contribution in [0.2, 0.25) is 0 Å². The number of aromatic hydroxyl groups is 1. The number of carbonyl (C=O) groups excluding carboxylic acids is 2. The third-order valence-corrected chi connectivity index (χ3v) is 8.88. The van der Waals surface area contributed by atoms with Crippen molar-refractivity contribution in [2.24, 2.45) is 5.41 Å². The Kier molecular flexibility index (Phi) is 11.5. The molecule has 228 valence electrons. The van der Waals surface area contributed by atoms with Crippen LogP contribution < -0.4 is 10.5 Å². The molecule has 6 nitrogen and oxygen atoms in total. The topological polar surface area (TPSA) is 103 Å². The van der Waals surface area contributed by atoms with Crippen LogP contribution in [0.15, 0.2) is 60.8 Å². The molecule has 6 heteroatoms. The second-order valence-electron chi connectivity index (χ2n) is 12.1. The molecule has 1 aromatic heterocycles. The zero-order valence-corrected chi connectivity index (χ0v) is 25.7. The van der Waals surface area contributed by atoms with Crippen molar-refractivity contribution < 1.29 is 19.4 Å². The number of carbonyl (C=O) groups is 2. The number of aromatic nitrogens is 1. The fourth-order valence-electron chi connectivity index (χ4n) is 6.63.